The van der Waals surface area contributed by atoms with Gasteiger partial charge in [0.2, 0.25) is 0 Å². The van der Waals surface area contributed by atoms with E-state index in [2.05, 4.69) is 10.5 Å². The molecule has 3 aromatic rings. The third-order valence-corrected chi connectivity index (χ3v) is 3.57. The lowest BCUT2D eigenvalue weighted by Crippen LogP contribution is -2.30. The molecule has 1 aromatic carbocycles. The summed E-state index contributed by atoms with van der Waals surface area (Å²) < 4.78 is 20.8. The zero-order chi connectivity index (χ0) is 15.0. The molecule has 0 amide bonds. The average Bonchev–Trinajstić information content (AvgIpc) is 3.03. The number of furan rings is 1. The number of rotatable bonds is 4. The van der Waals surface area contributed by atoms with E-state index in [1.165, 1.54) is 12.1 Å². The van der Waals surface area contributed by atoms with Gasteiger partial charge in [0.25, 0.3) is 0 Å². The Morgan fingerprint density at radius 2 is 2.19 bits per heavy atom. The summed E-state index contributed by atoms with van der Waals surface area (Å²) >= 11 is 0. The van der Waals surface area contributed by atoms with Gasteiger partial charge in [0.1, 0.15) is 23.2 Å². The zero-order valence-electron chi connectivity index (χ0n) is 11.9. The second kappa shape index (κ2) is 5.31. The van der Waals surface area contributed by atoms with E-state index in [-0.39, 0.29) is 11.9 Å². The Morgan fingerprint density at radius 3 is 2.86 bits per heavy atom. The lowest BCUT2D eigenvalue weighted by molar-refractivity contribution is 0.458. The topological polar surface area (TPSA) is 69.0 Å². The second-order valence-corrected chi connectivity index (χ2v) is 4.97. The number of fused-ring (bicyclic) bond motifs is 1. The molecule has 0 aliphatic carbocycles. The molecular weight excluding hydrogens is 271 g/mol. The number of nitrogens with two attached hydrogens (primary N) is 1. The van der Waals surface area contributed by atoms with E-state index < -0.39 is 0 Å². The quantitative estimate of drug-likeness (QED) is 0.571. The first kappa shape index (κ1) is 13.8. The molecule has 2 heterocycles. The number of halogens is 1. The minimum absolute atomic E-state index is 0.291. The van der Waals surface area contributed by atoms with Crippen LogP contribution >= 0.6 is 0 Å². The molecule has 0 saturated heterocycles. The summed E-state index contributed by atoms with van der Waals surface area (Å²) in [6.07, 6.45) is 0.844. The maximum Gasteiger partial charge on any atom is 0.134 e. The Kier molecular flexibility index (Phi) is 3.48. The van der Waals surface area contributed by atoms with E-state index in [0.717, 1.165) is 17.8 Å². The maximum atomic E-state index is 13.3. The highest BCUT2D eigenvalue weighted by atomic mass is 19.1. The van der Waals surface area contributed by atoms with Crippen molar-refractivity contribution in [2.45, 2.75) is 19.4 Å². The molecule has 3 rings (SSSR count). The Labute approximate surface area is 121 Å². The first-order valence-corrected chi connectivity index (χ1v) is 6.80. The Bertz CT molecular complexity index is 777. The van der Waals surface area contributed by atoms with E-state index in [1.54, 1.807) is 16.8 Å². The van der Waals surface area contributed by atoms with E-state index in [0.29, 0.717) is 16.7 Å². The van der Waals surface area contributed by atoms with Gasteiger partial charge < -0.3 is 4.42 Å². The smallest absolute Gasteiger partial charge is 0.134 e. The standard InChI is InChI=1S/C15H17FN4O/c1-3-11-8-12(20(2)19-11)15(18-17)14-7-9-6-10(16)4-5-13(9)21-14/h4-8,15,18H,3,17H2,1-2H3. The number of aryl methyl sites for hydroxylation is 2. The number of hydrazine groups is 1. The third-order valence-electron chi connectivity index (χ3n) is 3.57. The van der Waals surface area contributed by atoms with Crippen LogP contribution in [0, 0.1) is 5.82 Å². The molecule has 6 heteroatoms. The zero-order valence-corrected chi connectivity index (χ0v) is 11.9. The molecule has 0 fully saturated rings. The van der Waals surface area contributed by atoms with E-state index >= 15 is 0 Å². The molecule has 1 unspecified atom stereocenters. The van der Waals surface area contributed by atoms with Crippen molar-refractivity contribution >= 4 is 11.0 Å². The number of nitrogens with one attached hydrogen (secondary N) is 1. The Morgan fingerprint density at radius 1 is 1.38 bits per heavy atom. The van der Waals surface area contributed by atoms with Crippen molar-refractivity contribution in [1.82, 2.24) is 15.2 Å². The van der Waals surface area contributed by atoms with Gasteiger partial charge in [-0.25, -0.2) is 9.82 Å². The van der Waals surface area contributed by atoms with Crippen LogP contribution in [0.1, 0.15) is 30.1 Å². The molecule has 1 atom stereocenters. The van der Waals surface area contributed by atoms with Gasteiger partial charge in [-0.2, -0.15) is 5.10 Å². The number of hydrogen-bond acceptors (Lipinski definition) is 4. The van der Waals surface area contributed by atoms with Gasteiger partial charge >= 0.3 is 0 Å². The molecule has 21 heavy (non-hydrogen) atoms. The molecule has 0 aliphatic rings. The van der Waals surface area contributed by atoms with Crippen molar-refractivity contribution in [3.8, 4) is 0 Å². The fourth-order valence-electron chi connectivity index (χ4n) is 2.48. The Balaban J connectivity index is 2.06. The van der Waals surface area contributed by atoms with Crippen LogP contribution in [0.4, 0.5) is 4.39 Å². The van der Waals surface area contributed by atoms with Crippen molar-refractivity contribution in [2.75, 3.05) is 0 Å². The van der Waals surface area contributed by atoms with Crippen LogP contribution in [0.3, 0.4) is 0 Å². The van der Waals surface area contributed by atoms with Crippen LogP contribution in [0.5, 0.6) is 0 Å². The molecule has 0 bridgehead atoms. The fourth-order valence-corrected chi connectivity index (χ4v) is 2.48. The molecule has 0 aliphatic heterocycles. The van der Waals surface area contributed by atoms with Crippen molar-refractivity contribution in [2.24, 2.45) is 12.9 Å². The van der Waals surface area contributed by atoms with Gasteiger partial charge in [-0.15, -0.1) is 0 Å². The van der Waals surface area contributed by atoms with Gasteiger partial charge in [0.15, 0.2) is 0 Å². The molecule has 0 radical (unpaired) electrons. The highest BCUT2D eigenvalue weighted by molar-refractivity contribution is 5.78. The van der Waals surface area contributed by atoms with Gasteiger partial charge in [-0.05, 0) is 36.8 Å². The van der Waals surface area contributed by atoms with Crippen LogP contribution in [0.15, 0.2) is 34.7 Å². The lowest BCUT2D eigenvalue weighted by Gasteiger charge is -2.13. The highest BCUT2D eigenvalue weighted by Crippen LogP contribution is 2.28. The van der Waals surface area contributed by atoms with Crippen molar-refractivity contribution in [3.63, 3.8) is 0 Å². The summed E-state index contributed by atoms with van der Waals surface area (Å²) in [6, 6.07) is 7.87. The summed E-state index contributed by atoms with van der Waals surface area (Å²) in [6.45, 7) is 2.04. The van der Waals surface area contributed by atoms with Gasteiger partial charge in [-0.3, -0.25) is 10.5 Å². The molecule has 0 saturated carbocycles. The second-order valence-electron chi connectivity index (χ2n) is 4.97. The minimum Gasteiger partial charge on any atom is -0.459 e. The van der Waals surface area contributed by atoms with Crippen LogP contribution in [-0.2, 0) is 13.5 Å². The summed E-state index contributed by atoms with van der Waals surface area (Å²) in [5, 5.41) is 5.12. The molecule has 3 N–H and O–H groups in total. The molecule has 5 nitrogen and oxygen atoms in total. The van der Waals surface area contributed by atoms with Gasteiger partial charge in [0, 0.05) is 12.4 Å². The molecule has 2 aromatic heterocycles. The summed E-state index contributed by atoms with van der Waals surface area (Å²) in [4.78, 5) is 0. The average molecular weight is 288 g/mol. The Hall–Kier alpha value is -2.18. The summed E-state index contributed by atoms with van der Waals surface area (Å²) in [5.41, 5.74) is 5.25. The monoisotopic (exact) mass is 288 g/mol. The predicted molar refractivity (Wildman–Crippen MR) is 77.9 cm³/mol. The minimum atomic E-state index is -0.335. The molecule has 110 valence electrons. The van der Waals surface area contributed by atoms with Crippen LogP contribution in [0.2, 0.25) is 0 Å². The first-order valence-electron chi connectivity index (χ1n) is 6.80. The first-order chi connectivity index (χ1) is 10.1. The van der Waals surface area contributed by atoms with Crippen molar-refractivity contribution in [1.29, 1.82) is 0 Å². The van der Waals surface area contributed by atoms with E-state index in [4.69, 9.17) is 10.3 Å². The number of benzene rings is 1. The summed E-state index contributed by atoms with van der Waals surface area (Å²) in [5.74, 6) is 6.02. The van der Waals surface area contributed by atoms with Crippen LogP contribution in [0.25, 0.3) is 11.0 Å². The van der Waals surface area contributed by atoms with E-state index in [9.17, 15) is 4.39 Å². The fraction of sp³-hybridized carbons (Fsp3) is 0.267. The van der Waals surface area contributed by atoms with Crippen LogP contribution < -0.4 is 11.3 Å². The van der Waals surface area contributed by atoms with Crippen molar-refractivity contribution in [3.05, 3.63) is 53.3 Å². The molecule has 0 spiro atoms. The highest BCUT2D eigenvalue weighted by Gasteiger charge is 2.21. The lowest BCUT2D eigenvalue weighted by atomic mass is 10.1. The predicted octanol–water partition coefficient (Wildman–Crippen LogP) is 2.42. The van der Waals surface area contributed by atoms with Crippen molar-refractivity contribution < 1.29 is 8.81 Å². The normalized spacial score (nSPS) is 13.0. The number of nitrogens with zero attached hydrogens (tertiary/aromatic N) is 2. The third kappa shape index (κ3) is 2.43. The maximum absolute atomic E-state index is 13.3. The van der Waals surface area contributed by atoms with Crippen LogP contribution in [-0.4, -0.2) is 9.78 Å². The molecular formula is C15H17FN4O. The number of hydrogen-bond donors (Lipinski definition) is 2. The summed E-state index contributed by atoms with van der Waals surface area (Å²) in [7, 11) is 1.86. The van der Waals surface area contributed by atoms with E-state index in [1.807, 2.05) is 20.0 Å². The van der Waals surface area contributed by atoms with Gasteiger partial charge in [-0.1, -0.05) is 6.92 Å². The SMILES string of the molecule is CCc1cc(C(NN)c2cc3cc(F)ccc3o2)n(C)n1. The van der Waals surface area contributed by atoms with Gasteiger partial charge in [0.05, 0.1) is 11.4 Å². The largest absolute Gasteiger partial charge is 0.459 e. The number of aromatic nitrogens is 2.